The number of aromatic nitrogens is 4. The number of nitrogens with zero attached hydrogens (tertiary/aromatic N) is 4. The molecule has 0 atom stereocenters. The van der Waals surface area contributed by atoms with Gasteiger partial charge in [-0.3, -0.25) is 14.2 Å². The van der Waals surface area contributed by atoms with Crippen LogP contribution in [0.2, 0.25) is 10.0 Å². The lowest BCUT2D eigenvalue weighted by Gasteiger charge is -2.17. The van der Waals surface area contributed by atoms with Crippen LogP contribution in [0.3, 0.4) is 0 Å². The first-order chi connectivity index (χ1) is 13.8. The van der Waals surface area contributed by atoms with E-state index in [1.807, 2.05) is 0 Å². The maximum Gasteiger partial charge on any atom is 0.269 e. The van der Waals surface area contributed by atoms with Gasteiger partial charge in [-0.05, 0) is 24.3 Å². The summed E-state index contributed by atoms with van der Waals surface area (Å²) in [6.07, 6.45) is 1.17. The van der Waals surface area contributed by atoms with Gasteiger partial charge in [-0.1, -0.05) is 23.2 Å². The number of carbonyl (C=O) groups excluding carboxylic acids is 1. The van der Waals surface area contributed by atoms with E-state index in [4.69, 9.17) is 23.2 Å². The molecule has 0 bridgehead atoms. The molecule has 0 aliphatic rings. The molecule has 29 heavy (non-hydrogen) atoms. The molecule has 1 amide bonds. The highest BCUT2D eigenvalue weighted by atomic mass is 35.5. The van der Waals surface area contributed by atoms with Crippen LogP contribution in [0, 0.1) is 5.82 Å². The van der Waals surface area contributed by atoms with Crippen molar-refractivity contribution in [3.8, 4) is 0 Å². The van der Waals surface area contributed by atoms with Gasteiger partial charge in [0.15, 0.2) is 0 Å². The highest BCUT2D eigenvalue weighted by Gasteiger charge is 2.16. The molecule has 0 fully saturated rings. The lowest BCUT2D eigenvalue weighted by Crippen LogP contribution is -2.34. The molecule has 0 spiro atoms. The molecule has 2 aromatic carbocycles. The molecule has 4 aromatic rings. The molecule has 2 heterocycles. The van der Waals surface area contributed by atoms with Gasteiger partial charge in [0.1, 0.15) is 18.2 Å². The average molecular weight is 434 g/mol. The fourth-order valence-corrected chi connectivity index (χ4v) is 3.32. The van der Waals surface area contributed by atoms with Crippen LogP contribution in [0.25, 0.3) is 22.1 Å². The number of likely N-dealkylation sites (N-methyl/N-ethyl adjacent to an activating group) is 1. The van der Waals surface area contributed by atoms with E-state index in [1.54, 1.807) is 25.2 Å². The normalized spacial score (nSPS) is 11.3. The van der Waals surface area contributed by atoms with Gasteiger partial charge in [0.05, 0.1) is 39.8 Å². The highest BCUT2D eigenvalue weighted by Crippen LogP contribution is 2.21. The third-order valence-corrected chi connectivity index (χ3v) is 5.01. The maximum absolute atomic E-state index is 13.6. The van der Waals surface area contributed by atoms with E-state index in [0.717, 1.165) is 0 Å². The van der Waals surface area contributed by atoms with Crippen LogP contribution in [0.1, 0.15) is 5.82 Å². The van der Waals surface area contributed by atoms with Crippen LogP contribution in [0.15, 0.2) is 41.3 Å². The zero-order valence-corrected chi connectivity index (χ0v) is 16.6. The number of halogens is 3. The Morgan fingerprint density at radius 3 is 2.83 bits per heavy atom. The smallest absolute Gasteiger partial charge is 0.269 e. The Bertz CT molecular complexity index is 1280. The third kappa shape index (κ3) is 3.81. The van der Waals surface area contributed by atoms with Gasteiger partial charge in [-0.2, -0.15) is 0 Å². The number of fused-ring (bicyclic) bond motifs is 2. The Kier molecular flexibility index (Phi) is 4.97. The maximum atomic E-state index is 13.6. The van der Waals surface area contributed by atoms with Crippen molar-refractivity contribution in [2.45, 2.75) is 13.1 Å². The first kappa shape index (κ1) is 19.4. The second-order valence-electron chi connectivity index (χ2n) is 6.53. The Morgan fingerprint density at radius 2 is 2.03 bits per heavy atom. The van der Waals surface area contributed by atoms with Crippen molar-refractivity contribution in [3.05, 3.63) is 68.6 Å². The van der Waals surface area contributed by atoms with Crippen LogP contribution in [0.4, 0.5) is 4.39 Å². The number of H-pyrrole nitrogens is 1. The van der Waals surface area contributed by atoms with Gasteiger partial charge in [0.2, 0.25) is 5.91 Å². The van der Waals surface area contributed by atoms with Crippen molar-refractivity contribution in [1.29, 1.82) is 0 Å². The number of rotatable bonds is 4. The summed E-state index contributed by atoms with van der Waals surface area (Å²) in [5, 5.41) is 0.412. The Morgan fingerprint density at radius 1 is 1.24 bits per heavy atom. The largest absolute Gasteiger partial charge is 0.340 e. The average Bonchev–Trinajstić information content (AvgIpc) is 3.05. The zero-order chi connectivity index (χ0) is 20.7. The van der Waals surface area contributed by atoms with Crippen LogP contribution in [0.5, 0.6) is 0 Å². The highest BCUT2D eigenvalue weighted by molar-refractivity contribution is 6.31. The van der Waals surface area contributed by atoms with Gasteiger partial charge in [-0.15, -0.1) is 0 Å². The van der Waals surface area contributed by atoms with Gasteiger partial charge < -0.3 is 9.88 Å². The van der Waals surface area contributed by atoms with Gasteiger partial charge in [0, 0.05) is 18.1 Å². The first-order valence-electron chi connectivity index (χ1n) is 8.54. The molecule has 0 unspecified atom stereocenters. The number of imidazole rings is 1. The van der Waals surface area contributed by atoms with Crippen molar-refractivity contribution in [2.75, 3.05) is 7.05 Å². The van der Waals surface area contributed by atoms with E-state index in [1.165, 1.54) is 27.8 Å². The molecule has 1 N–H and O–H groups in total. The topological polar surface area (TPSA) is 83.9 Å². The molecule has 148 valence electrons. The predicted octanol–water partition coefficient (Wildman–Crippen LogP) is 3.38. The first-order valence-corrected chi connectivity index (χ1v) is 9.30. The Labute approximate surface area is 173 Å². The number of carbonyl (C=O) groups is 1. The summed E-state index contributed by atoms with van der Waals surface area (Å²) in [5.41, 5.74) is 1.60. The van der Waals surface area contributed by atoms with E-state index < -0.39 is 11.4 Å². The molecule has 7 nitrogen and oxygen atoms in total. The molecule has 4 rings (SSSR count). The minimum Gasteiger partial charge on any atom is -0.340 e. The monoisotopic (exact) mass is 433 g/mol. The number of benzene rings is 2. The third-order valence-electron chi connectivity index (χ3n) is 4.49. The van der Waals surface area contributed by atoms with Crippen LogP contribution in [-0.4, -0.2) is 37.4 Å². The number of hydrogen-bond donors (Lipinski definition) is 1. The van der Waals surface area contributed by atoms with E-state index in [9.17, 15) is 14.0 Å². The van der Waals surface area contributed by atoms with Gasteiger partial charge >= 0.3 is 0 Å². The van der Waals surface area contributed by atoms with Crippen LogP contribution in [-0.2, 0) is 17.9 Å². The van der Waals surface area contributed by atoms with Crippen LogP contribution >= 0.6 is 23.2 Å². The lowest BCUT2D eigenvalue weighted by atomic mass is 10.3. The summed E-state index contributed by atoms with van der Waals surface area (Å²) in [5.74, 6) is -0.405. The molecule has 0 saturated carbocycles. The van der Waals surface area contributed by atoms with Crippen molar-refractivity contribution in [3.63, 3.8) is 0 Å². The van der Waals surface area contributed by atoms with Crippen molar-refractivity contribution in [1.82, 2.24) is 24.4 Å². The minimum atomic E-state index is -0.554. The van der Waals surface area contributed by atoms with Crippen molar-refractivity contribution >= 4 is 51.2 Å². The van der Waals surface area contributed by atoms with Gasteiger partial charge in [0.25, 0.3) is 5.56 Å². The molecule has 0 saturated heterocycles. The predicted molar refractivity (Wildman–Crippen MR) is 109 cm³/mol. The number of nitrogens with one attached hydrogen (secondary N) is 1. The minimum absolute atomic E-state index is 0.0254. The second kappa shape index (κ2) is 7.46. The Balaban J connectivity index is 1.58. The van der Waals surface area contributed by atoms with E-state index in [-0.39, 0.29) is 24.0 Å². The van der Waals surface area contributed by atoms with Crippen molar-refractivity contribution in [2.24, 2.45) is 0 Å². The fourth-order valence-electron chi connectivity index (χ4n) is 3.00. The summed E-state index contributed by atoms with van der Waals surface area (Å²) in [7, 11) is 1.59. The van der Waals surface area contributed by atoms with E-state index in [2.05, 4.69) is 15.0 Å². The standard InChI is InChI=1S/C19H14Cl2FN5O2/c1-26(8-17-24-14-5-11(21)12(22)6-15(14)25-17)19(29)9-27-16-4-10(20)2-3-13(16)23-7-18(27)28/h2-7H,8-9H2,1H3,(H,24,25). The summed E-state index contributed by atoms with van der Waals surface area (Å²) >= 11 is 11.8. The molecular formula is C19H14Cl2FN5O2. The van der Waals surface area contributed by atoms with Crippen molar-refractivity contribution < 1.29 is 9.18 Å². The van der Waals surface area contributed by atoms with E-state index in [0.29, 0.717) is 32.9 Å². The summed E-state index contributed by atoms with van der Waals surface area (Å²) < 4.78 is 14.9. The van der Waals surface area contributed by atoms with E-state index >= 15 is 0 Å². The molecule has 0 aliphatic carbocycles. The number of aromatic amines is 1. The quantitative estimate of drug-likeness (QED) is 0.534. The van der Waals surface area contributed by atoms with Crippen LogP contribution < -0.4 is 5.56 Å². The molecular weight excluding hydrogens is 420 g/mol. The number of hydrogen-bond acceptors (Lipinski definition) is 4. The summed E-state index contributed by atoms with van der Waals surface area (Å²) in [6.45, 7) is -0.0410. The summed E-state index contributed by atoms with van der Waals surface area (Å²) in [6, 6.07) is 7.61. The lowest BCUT2D eigenvalue weighted by molar-refractivity contribution is -0.131. The molecule has 0 radical (unpaired) electrons. The summed E-state index contributed by atoms with van der Waals surface area (Å²) in [4.78, 5) is 37.7. The zero-order valence-electron chi connectivity index (χ0n) is 15.1. The molecule has 0 aliphatic heterocycles. The molecule has 2 aromatic heterocycles. The Hall–Kier alpha value is -2.97. The van der Waals surface area contributed by atoms with Gasteiger partial charge in [-0.25, -0.2) is 14.4 Å². The SMILES string of the molecule is CN(Cc1nc2cc(Cl)c(F)cc2[nH]1)C(=O)Cn1c(=O)cnc2ccc(Cl)cc21. The number of amides is 1. The fraction of sp³-hybridized carbons (Fsp3) is 0.158. The molecule has 10 heteroatoms. The second-order valence-corrected chi connectivity index (χ2v) is 7.38.